The lowest BCUT2D eigenvalue weighted by Crippen LogP contribution is -1.90. The molecule has 1 nitrogen and oxygen atoms in total. The highest BCUT2D eigenvalue weighted by Gasteiger charge is 1.97. The Balaban J connectivity index is 2.81. The largest absolute Gasteiger partial charge is 0.257 e. The van der Waals surface area contributed by atoms with Gasteiger partial charge in [-0.25, -0.2) is 0 Å². The van der Waals surface area contributed by atoms with Gasteiger partial charge in [-0.1, -0.05) is 25.7 Å². The molecule has 1 heteroatoms. The molecular weight excluding hydrogens is 134 g/mol. The number of nitrogens with zero attached hydrogens (tertiary/aromatic N) is 1. The monoisotopic (exact) mass is 147 g/mol. The van der Waals surface area contributed by atoms with E-state index in [1.165, 1.54) is 0 Å². The van der Waals surface area contributed by atoms with Crippen molar-refractivity contribution in [1.29, 1.82) is 0 Å². The molecule has 58 valence electrons. The Morgan fingerprint density at radius 3 is 3.27 bits per heavy atom. The lowest BCUT2D eigenvalue weighted by Gasteiger charge is -2.04. The van der Waals surface area contributed by atoms with Gasteiger partial charge in [0.05, 0.1) is 5.70 Å². The second kappa shape index (κ2) is 3.91. The summed E-state index contributed by atoms with van der Waals surface area (Å²) >= 11 is 0. The second-order valence-electron chi connectivity index (χ2n) is 2.71. The minimum Gasteiger partial charge on any atom is -0.257 e. The van der Waals surface area contributed by atoms with Crippen molar-refractivity contribution in [3.05, 3.63) is 36.6 Å². The normalized spacial score (nSPS) is 26.6. The Morgan fingerprint density at radius 1 is 1.73 bits per heavy atom. The van der Waals surface area contributed by atoms with Crippen LogP contribution in [0.25, 0.3) is 0 Å². The maximum Gasteiger partial charge on any atom is 0.0586 e. The quantitative estimate of drug-likeness (QED) is 0.540. The molecule has 1 rings (SSSR count). The minimum atomic E-state index is 0.566. The van der Waals surface area contributed by atoms with E-state index < -0.39 is 0 Å². The van der Waals surface area contributed by atoms with Crippen LogP contribution >= 0.6 is 0 Å². The zero-order valence-corrected chi connectivity index (χ0v) is 6.83. The molecule has 11 heavy (non-hydrogen) atoms. The first-order chi connectivity index (χ1) is 5.33. The molecule has 0 aromatic rings. The van der Waals surface area contributed by atoms with Crippen LogP contribution < -0.4 is 0 Å². The first-order valence-electron chi connectivity index (χ1n) is 3.86. The van der Waals surface area contributed by atoms with Crippen LogP contribution in [0, 0.1) is 5.92 Å². The average molecular weight is 147 g/mol. The highest BCUT2D eigenvalue weighted by atomic mass is 14.7. The zero-order chi connectivity index (χ0) is 8.10. The van der Waals surface area contributed by atoms with Gasteiger partial charge in [0.25, 0.3) is 0 Å². The van der Waals surface area contributed by atoms with Crippen molar-refractivity contribution in [3.8, 4) is 0 Å². The van der Waals surface area contributed by atoms with E-state index in [9.17, 15) is 0 Å². The van der Waals surface area contributed by atoms with Gasteiger partial charge in [0.1, 0.15) is 0 Å². The Labute approximate surface area is 67.8 Å². The summed E-state index contributed by atoms with van der Waals surface area (Å²) in [5, 5.41) is 0. The first-order valence-corrected chi connectivity index (χ1v) is 3.86. The van der Waals surface area contributed by atoms with Crippen LogP contribution in [0.3, 0.4) is 0 Å². The average Bonchev–Trinajstić information content (AvgIpc) is 1.96. The van der Waals surface area contributed by atoms with Crippen LogP contribution in [0.1, 0.15) is 13.3 Å². The van der Waals surface area contributed by atoms with E-state index in [4.69, 9.17) is 0 Å². The third kappa shape index (κ3) is 2.54. The standard InChI is InChI=1S/C10H13N/c1-3-10-8-9(2)6-4-5-7-11-10/h3-5,7-9H,1,6H2,2H3/b5-4+,10-8?,11-7?. The first kappa shape index (κ1) is 7.99. The van der Waals surface area contributed by atoms with Gasteiger partial charge in [0.2, 0.25) is 0 Å². The van der Waals surface area contributed by atoms with Crippen molar-refractivity contribution < 1.29 is 0 Å². The summed E-state index contributed by atoms with van der Waals surface area (Å²) in [6.07, 6.45) is 10.9. The predicted octanol–water partition coefficient (Wildman–Crippen LogP) is 2.72. The van der Waals surface area contributed by atoms with E-state index in [0.29, 0.717) is 5.92 Å². The van der Waals surface area contributed by atoms with Crippen LogP contribution in [0.2, 0.25) is 0 Å². The summed E-state index contributed by atoms with van der Waals surface area (Å²) < 4.78 is 0. The molecule has 0 N–H and O–H groups in total. The van der Waals surface area contributed by atoms with Crippen molar-refractivity contribution in [2.24, 2.45) is 10.9 Å². The molecular formula is C10H13N. The fourth-order valence-electron chi connectivity index (χ4n) is 1.01. The molecule has 1 aliphatic heterocycles. The Kier molecular flexibility index (Phi) is 2.84. The maximum absolute atomic E-state index is 4.18. The number of allylic oxidation sites excluding steroid dienone is 4. The third-order valence-corrected chi connectivity index (χ3v) is 1.62. The summed E-state index contributed by atoms with van der Waals surface area (Å²) in [4.78, 5) is 4.18. The highest BCUT2D eigenvalue weighted by Crippen LogP contribution is 2.11. The fourth-order valence-corrected chi connectivity index (χ4v) is 1.01. The van der Waals surface area contributed by atoms with Gasteiger partial charge >= 0.3 is 0 Å². The molecule has 1 unspecified atom stereocenters. The maximum atomic E-state index is 4.18. The number of hydrogen-bond acceptors (Lipinski definition) is 1. The summed E-state index contributed by atoms with van der Waals surface area (Å²) in [7, 11) is 0. The van der Waals surface area contributed by atoms with E-state index in [1.807, 2.05) is 6.08 Å². The summed E-state index contributed by atoms with van der Waals surface area (Å²) in [5.41, 5.74) is 0.974. The molecule has 0 fully saturated rings. The molecule has 0 radical (unpaired) electrons. The molecule has 0 bridgehead atoms. The van der Waals surface area contributed by atoms with Crippen molar-refractivity contribution in [2.45, 2.75) is 13.3 Å². The van der Waals surface area contributed by atoms with Crippen molar-refractivity contribution >= 4 is 6.21 Å². The van der Waals surface area contributed by atoms with Crippen LogP contribution in [-0.4, -0.2) is 6.21 Å². The summed E-state index contributed by atoms with van der Waals surface area (Å²) in [5.74, 6) is 0.566. The molecule has 1 atom stereocenters. The van der Waals surface area contributed by atoms with Crippen molar-refractivity contribution in [1.82, 2.24) is 0 Å². The Bertz CT molecular complexity index is 221. The van der Waals surface area contributed by atoms with E-state index in [-0.39, 0.29) is 0 Å². The van der Waals surface area contributed by atoms with Crippen molar-refractivity contribution in [2.75, 3.05) is 0 Å². The van der Waals surface area contributed by atoms with E-state index in [2.05, 4.69) is 30.6 Å². The van der Waals surface area contributed by atoms with Gasteiger partial charge in [-0.2, -0.15) is 0 Å². The Hall–Kier alpha value is -1.11. The second-order valence-corrected chi connectivity index (χ2v) is 2.71. The van der Waals surface area contributed by atoms with E-state index in [1.54, 1.807) is 12.3 Å². The van der Waals surface area contributed by atoms with Gasteiger partial charge in [-0.05, 0) is 24.5 Å². The van der Waals surface area contributed by atoms with Gasteiger partial charge in [-0.3, -0.25) is 4.99 Å². The lowest BCUT2D eigenvalue weighted by molar-refractivity contribution is 0.738. The van der Waals surface area contributed by atoms with Crippen LogP contribution in [-0.2, 0) is 0 Å². The topological polar surface area (TPSA) is 12.4 Å². The molecule has 1 aliphatic rings. The SMILES string of the molecule is C=CC1=CC(C)C/C=C/C=N1. The number of hydrogen-bond donors (Lipinski definition) is 0. The molecule has 0 saturated heterocycles. The van der Waals surface area contributed by atoms with Crippen LogP contribution in [0.5, 0.6) is 0 Å². The molecule has 1 heterocycles. The van der Waals surface area contributed by atoms with Gasteiger partial charge in [0.15, 0.2) is 0 Å². The molecule has 0 amide bonds. The Morgan fingerprint density at radius 2 is 2.55 bits per heavy atom. The van der Waals surface area contributed by atoms with Crippen LogP contribution in [0.4, 0.5) is 0 Å². The summed E-state index contributed by atoms with van der Waals surface area (Å²) in [6, 6.07) is 0. The number of rotatable bonds is 1. The summed E-state index contributed by atoms with van der Waals surface area (Å²) in [6.45, 7) is 5.86. The van der Waals surface area contributed by atoms with Gasteiger partial charge < -0.3 is 0 Å². The highest BCUT2D eigenvalue weighted by molar-refractivity contribution is 5.72. The molecule has 0 aromatic heterocycles. The van der Waals surface area contributed by atoms with Crippen molar-refractivity contribution in [3.63, 3.8) is 0 Å². The van der Waals surface area contributed by atoms with E-state index in [0.717, 1.165) is 12.1 Å². The predicted molar refractivity (Wildman–Crippen MR) is 49.7 cm³/mol. The zero-order valence-electron chi connectivity index (χ0n) is 6.83. The molecule has 0 aromatic carbocycles. The van der Waals surface area contributed by atoms with E-state index >= 15 is 0 Å². The van der Waals surface area contributed by atoms with Gasteiger partial charge in [-0.15, -0.1) is 0 Å². The lowest BCUT2D eigenvalue weighted by atomic mass is 10.1. The third-order valence-electron chi connectivity index (χ3n) is 1.62. The number of aliphatic imine (C=N–C) groups is 1. The van der Waals surface area contributed by atoms with Crippen LogP contribution in [0.15, 0.2) is 41.6 Å². The minimum absolute atomic E-state index is 0.566. The molecule has 0 spiro atoms. The molecule has 0 aliphatic carbocycles. The smallest absolute Gasteiger partial charge is 0.0586 e. The van der Waals surface area contributed by atoms with Gasteiger partial charge in [0, 0.05) is 6.21 Å². The molecule has 0 saturated carbocycles. The fraction of sp³-hybridized carbons (Fsp3) is 0.300.